The zero-order valence-corrected chi connectivity index (χ0v) is 13.9. The topological polar surface area (TPSA) is 15.3 Å². The number of hydrogen-bond acceptors (Lipinski definition) is 2. The van der Waals surface area contributed by atoms with Gasteiger partial charge in [0.25, 0.3) is 0 Å². The molecule has 0 bridgehead atoms. The third kappa shape index (κ3) is 3.63. The first-order chi connectivity index (χ1) is 9.76. The summed E-state index contributed by atoms with van der Waals surface area (Å²) in [6, 6.07) is 10.2. The van der Waals surface area contributed by atoms with E-state index in [1.807, 2.05) is 0 Å². The Morgan fingerprint density at radius 1 is 1.25 bits per heavy atom. The van der Waals surface area contributed by atoms with Crippen LogP contribution in [0, 0.1) is 5.92 Å². The summed E-state index contributed by atoms with van der Waals surface area (Å²) < 4.78 is 1.16. The van der Waals surface area contributed by atoms with Gasteiger partial charge in [-0.3, -0.25) is 0 Å². The van der Waals surface area contributed by atoms with Crippen LogP contribution in [0.1, 0.15) is 44.2 Å². The highest BCUT2D eigenvalue weighted by Gasteiger charge is 2.34. The van der Waals surface area contributed by atoms with Crippen molar-refractivity contribution in [1.29, 1.82) is 0 Å². The van der Waals surface area contributed by atoms with Crippen LogP contribution in [0.4, 0.5) is 0 Å². The van der Waals surface area contributed by atoms with Crippen LogP contribution in [0.3, 0.4) is 0 Å². The minimum atomic E-state index is 0.498. The second kappa shape index (κ2) is 6.59. The van der Waals surface area contributed by atoms with Crippen molar-refractivity contribution in [2.75, 3.05) is 19.6 Å². The summed E-state index contributed by atoms with van der Waals surface area (Å²) in [6.45, 7) is 6.07. The molecular formula is C17H25BrN2. The number of nitrogens with one attached hydrogen (secondary N) is 1. The van der Waals surface area contributed by atoms with Gasteiger partial charge in [-0.1, -0.05) is 35.0 Å². The van der Waals surface area contributed by atoms with Crippen molar-refractivity contribution < 1.29 is 0 Å². The van der Waals surface area contributed by atoms with E-state index in [1.165, 1.54) is 37.9 Å². The quantitative estimate of drug-likeness (QED) is 0.845. The second-order valence-electron chi connectivity index (χ2n) is 6.30. The summed E-state index contributed by atoms with van der Waals surface area (Å²) >= 11 is 3.51. The smallest absolute Gasteiger partial charge is 0.0317 e. The molecular weight excluding hydrogens is 312 g/mol. The highest BCUT2D eigenvalue weighted by molar-refractivity contribution is 9.10. The monoisotopic (exact) mass is 336 g/mol. The van der Waals surface area contributed by atoms with Gasteiger partial charge in [0, 0.05) is 23.1 Å². The molecule has 1 aromatic rings. The van der Waals surface area contributed by atoms with Gasteiger partial charge in [0.05, 0.1) is 0 Å². The Hall–Kier alpha value is -0.380. The molecule has 110 valence electrons. The van der Waals surface area contributed by atoms with Crippen molar-refractivity contribution in [1.82, 2.24) is 10.2 Å². The molecule has 3 rings (SSSR count). The van der Waals surface area contributed by atoms with Crippen LogP contribution in [0.25, 0.3) is 0 Å². The summed E-state index contributed by atoms with van der Waals surface area (Å²) in [6.07, 6.45) is 5.41. The third-order valence-corrected chi connectivity index (χ3v) is 5.24. The largest absolute Gasteiger partial charge is 0.310 e. The molecule has 3 heteroatoms. The number of hydrogen-bond donors (Lipinski definition) is 1. The first kappa shape index (κ1) is 14.6. The number of likely N-dealkylation sites (tertiary alicyclic amines) is 1. The van der Waals surface area contributed by atoms with Gasteiger partial charge in [-0.15, -0.1) is 0 Å². The molecule has 1 N–H and O–H groups in total. The lowest BCUT2D eigenvalue weighted by Crippen LogP contribution is -2.30. The molecule has 0 amide bonds. The fraction of sp³-hybridized carbons (Fsp3) is 0.647. The molecule has 1 saturated heterocycles. The maximum absolute atomic E-state index is 3.79. The summed E-state index contributed by atoms with van der Waals surface area (Å²) in [5.74, 6) is 0.847. The van der Waals surface area contributed by atoms with Gasteiger partial charge in [-0.05, 0) is 62.4 Å². The fourth-order valence-corrected chi connectivity index (χ4v) is 3.57. The Balaban J connectivity index is 1.49. The maximum Gasteiger partial charge on any atom is 0.0317 e. The van der Waals surface area contributed by atoms with Crippen molar-refractivity contribution in [2.24, 2.45) is 5.92 Å². The van der Waals surface area contributed by atoms with E-state index in [-0.39, 0.29) is 0 Å². The molecule has 2 fully saturated rings. The Bertz CT molecular complexity index is 427. The Kier molecular flexibility index (Phi) is 4.79. The minimum absolute atomic E-state index is 0.498. The van der Waals surface area contributed by atoms with Crippen molar-refractivity contribution in [3.63, 3.8) is 0 Å². The highest BCUT2D eigenvalue weighted by atomic mass is 79.9. The van der Waals surface area contributed by atoms with Crippen molar-refractivity contribution in [2.45, 2.75) is 44.7 Å². The molecule has 1 aliphatic carbocycles. The van der Waals surface area contributed by atoms with E-state index >= 15 is 0 Å². The van der Waals surface area contributed by atoms with Crippen LogP contribution in [-0.2, 0) is 0 Å². The molecule has 2 unspecified atom stereocenters. The molecule has 1 saturated carbocycles. The molecule has 0 spiro atoms. The van der Waals surface area contributed by atoms with Gasteiger partial charge in [-0.2, -0.15) is 0 Å². The number of rotatable bonds is 6. The van der Waals surface area contributed by atoms with Crippen molar-refractivity contribution in [3.05, 3.63) is 34.3 Å². The zero-order chi connectivity index (χ0) is 13.9. The average molecular weight is 337 g/mol. The van der Waals surface area contributed by atoms with Crippen LogP contribution in [0.2, 0.25) is 0 Å². The SMILES string of the molecule is CCC(NCC1CCN(C2CC2)C1)c1ccc(Br)cc1. The first-order valence-corrected chi connectivity index (χ1v) is 8.78. The summed E-state index contributed by atoms with van der Waals surface area (Å²) in [4.78, 5) is 2.70. The van der Waals surface area contributed by atoms with Crippen molar-refractivity contribution >= 4 is 15.9 Å². The molecule has 0 aromatic heterocycles. The zero-order valence-electron chi connectivity index (χ0n) is 12.3. The number of nitrogens with zero attached hydrogens (tertiary/aromatic N) is 1. The van der Waals surface area contributed by atoms with E-state index in [0.717, 1.165) is 29.4 Å². The van der Waals surface area contributed by atoms with Gasteiger partial charge < -0.3 is 10.2 Å². The van der Waals surface area contributed by atoms with Gasteiger partial charge >= 0.3 is 0 Å². The van der Waals surface area contributed by atoms with Crippen molar-refractivity contribution in [3.8, 4) is 0 Å². The van der Waals surface area contributed by atoms with Gasteiger partial charge in [0.2, 0.25) is 0 Å². The molecule has 1 heterocycles. The minimum Gasteiger partial charge on any atom is -0.310 e. The lowest BCUT2D eigenvalue weighted by molar-refractivity contribution is 0.309. The normalized spacial score (nSPS) is 25.0. The number of benzene rings is 1. The van der Waals surface area contributed by atoms with E-state index in [9.17, 15) is 0 Å². The average Bonchev–Trinajstić information content (AvgIpc) is 3.21. The summed E-state index contributed by atoms with van der Waals surface area (Å²) in [7, 11) is 0. The summed E-state index contributed by atoms with van der Waals surface area (Å²) in [5, 5.41) is 3.79. The lowest BCUT2D eigenvalue weighted by Gasteiger charge is -2.21. The Labute approximate surface area is 131 Å². The molecule has 2 aliphatic rings. The molecule has 0 radical (unpaired) electrons. The van der Waals surface area contributed by atoms with E-state index in [0.29, 0.717) is 6.04 Å². The molecule has 20 heavy (non-hydrogen) atoms. The number of halogens is 1. The van der Waals surface area contributed by atoms with Crippen LogP contribution in [-0.4, -0.2) is 30.6 Å². The third-order valence-electron chi connectivity index (χ3n) is 4.71. The fourth-order valence-electron chi connectivity index (χ4n) is 3.30. The van der Waals surface area contributed by atoms with Crippen LogP contribution >= 0.6 is 15.9 Å². The van der Waals surface area contributed by atoms with E-state index in [1.54, 1.807) is 0 Å². The first-order valence-electron chi connectivity index (χ1n) is 7.99. The Morgan fingerprint density at radius 2 is 2.00 bits per heavy atom. The molecule has 2 nitrogen and oxygen atoms in total. The van der Waals surface area contributed by atoms with Crippen LogP contribution in [0.15, 0.2) is 28.7 Å². The van der Waals surface area contributed by atoms with Crippen LogP contribution in [0.5, 0.6) is 0 Å². The summed E-state index contributed by atoms with van der Waals surface area (Å²) in [5.41, 5.74) is 1.41. The van der Waals surface area contributed by atoms with Gasteiger partial charge in [-0.25, -0.2) is 0 Å². The molecule has 1 aromatic carbocycles. The van der Waals surface area contributed by atoms with Crippen LogP contribution < -0.4 is 5.32 Å². The van der Waals surface area contributed by atoms with Gasteiger partial charge in [0.15, 0.2) is 0 Å². The highest BCUT2D eigenvalue weighted by Crippen LogP contribution is 2.31. The molecule has 2 atom stereocenters. The maximum atomic E-state index is 3.79. The van der Waals surface area contributed by atoms with E-state index in [4.69, 9.17) is 0 Å². The van der Waals surface area contributed by atoms with E-state index < -0.39 is 0 Å². The predicted molar refractivity (Wildman–Crippen MR) is 87.9 cm³/mol. The van der Waals surface area contributed by atoms with Gasteiger partial charge in [0.1, 0.15) is 0 Å². The predicted octanol–water partition coefficient (Wildman–Crippen LogP) is 3.97. The second-order valence-corrected chi connectivity index (χ2v) is 7.22. The lowest BCUT2D eigenvalue weighted by atomic mass is 10.0. The molecule has 1 aliphatic heterocycles. The Morgan fingerprint density at radius 3 is 2.65 bits per heavy atom. The van der Waals surface area contributed by atoms with E-state index in [2.05, 4.69) is 57.3 Å². The standard InChI is InChI=1S/C17H25BrN2/c1-2-17(14-3-5-15(18)6-4-14)19-11-13-9-10-20(12-13)16-7-8-16/h3-6,13,16-17,19H,2,7-12H2,1H3.